The number of fused-ring (bicyclic) bond motifs is 1. The Hall–Kier alpha value is -3.38. The Morgan fingerprint density at radius 1 is 0.941 bits per heavy atom. The summed E-state index contributed by atoms with van der Waals surface area (Å²) >= 11 is 0. The van der Waals surface area contributed by atoms with Gasteiger partial charge < -0.3 is 14.4 Å². The molecule has 1 saturated heterocycles. The van der Waals surface area contributed by atoms with Gasteiger partial charge in [-0.05, 0) is 75.2 Å². The number of nitrogens with zero attached hydrogens (tertiary/aromatic N) is 3. The molecule has 0 unspecified atom stereocenters. The Morgan fingerprint density at radius 2 is 1.76 bits per heavy atom. The summed E-state index contributed by atoms with van der Waals surface area (Å²) in [5.41, 5.74) is 6.51. The highest BCUT2D eigenvalue weighted by Crippen LogP contribution is 2.36. The third-order valence-corrected chi connectivity index (χ3v) is 6.88. The van der Waals surface area contributed by atoms with Gasteiger partial charge in [-0.25, -0.2) is 4.98 Å². The molecule has 0 spiro atoms. The summed E-state index contributed by atoms with van der Waals surface area (Å²) in [5.74, 6) is 1.24. The third-order valence-electron chi connectivity index (χ3n) is 6.88. The Kier molecular flexibility index (Phi) is 6.24. The van der Waals surface area contributed by atoms with Crippen molar-refractivity contribution in [3.05, 3.63) is 70.9 Å². The van der Waals surface area contributed by atoms with Gasteiger partial charge in [0.25, 0.3) is 5.91 Å². The van der Waals surface area contributed by atoms with Gasteiger partial charge in [0.2, 0.25) is 0 Å². The van der Waals surface area contributed by atoms with Gasteiger partial charge in [0.1, 0.15) is 12.3 Å². The topological polar surface area (TPSA) is 54.9 Å². The summed E-state index contributed by atoms with van der Waals surface area (Å²) in [4.78, 5) is 22.2. The maximum absolute atomic E-state index is 13.3. The van der Waals surface area contributed by atoms with Crippen molar-refractivity contribution in [1.82, 2.24) is 9.88 Å². The molecule has 34 heavy (non-hydrogen) atoms. The van der Waals surface area contributed by atoms with Crippen LogP contribution in [-0.4, -0.2) is 49.1 Å². The predicted octanol–water partition coefficient (Wildman–Crippen LogP) is 5.01. The van der Waals surface area contributed by atoms with Gasteiger partial charge in [-0.3, -0.25) is 9.69 Å². The number of benzene rings is 2. The number of aryl methyl sites for hydroxylation is 2. The van der Waals surface area contributed by atoms with E-state index in [9.17, 15) is 4.79 Å². The molecule has 176 valence electrons. The standard InChI is InChI=1S/C28H31N3O3/c1-19-6-7-21(16-20(19)2)24-10-8-22-18-31(28(32)27(22)29-24)23-9-11-25(26(17-23)33-3)34-15-14-30-12-4-5-13-30/h6-11,16-17H,4-5,12-15,18H2,1-3H3. The molecule has 0 aliphatic carbocycles. The molecule has 0 radical (unpaired) electrons. The largest absolute Gasteiger partial charge is 0.493 e. The first-order valence-electron chi connectivity index (χ1n) is 12.0. The van der Waals surface area contributed by atoms with E-state index < -0.39 is 0 Å². The van der Waals surface area contributed by atoms with E-state index in [1.165, 1.54) is 24.0 Å². The average Bonchev–Trinajstić information content (AvgIpc) is 3.49. The van der Waals surface area contributed by atoms with Crippen molar-refractivity contribution in [2.45, 2.75) is 33.2 Å². The molecule has 1 aromatic heterocycles. The van der Waals surface area contributed by atoms with Crippen molar-refractivity contribution in [1.29, 1.82) is 0 Å². The molecular weight excluding hydrogens is 426 g/mol. The maximum atomic E-state index is 13.3. The van der Waals surface area contributed by atoms with Gasteiger partial charge in [0.05, 0.1) is 19.3 Å². The normalized spacial score (nSPS) is 15.6. The van der Waals surface area contributed by atoms with E-state index >= 15 is 0 Å². The first-order valence-corrected chi connectivity index (χ1v) is 12.0. The van der Waals surface area contributed by atoms with Crippen LogP contribution in [0.3, 0.4) is 0 Å². The predicted molar refractivity (Wildman–Crippen MR) is 134 cm³/mol. The maximum Gasteiger partial charge on any atom is 0.277 e. The van der Waals surface area contributed by atoms with Crippen LogP contribution in [0.15, 0.2) is 48.5 Å². The van der Waals surface area contributed by atoms with Crippen LogP contribution in [-0.2, 0) is 6.54 Å². The fourth-order valence-corrected chi connectivity index (χ4v) is 4.68. The van der Waals surface area contributed by atoms with Gasteiger partial charge in [0, 0.05) is 29.4 Å². The number of carbonyl (C=O) groups excluding carboxylic acids is 1. The number of carbonyl (C=O) groups is 1. The number of amides is 1. The minimum atomic E-state index is -0.0922. The fraction of sp³-hybridized carbons (Fsp3) is 0.357. The van der Waals surface area contributed by atoms with E-state index in [1.807, 2.05) is 30.3 Å². The molecule has 2 aromatic carbocycles. The van der Waals surface area contributed by atoms with E-state index in [0.717, 1.165) is 42.1 Å². The molecule has 2 aliphatic heterocycles. The molecule has 1 fully saturated rings. The molecule has 5 rings (SSSR count). The molecule has 3 heterocycles. The molecule has 0 N–H and O–H groups in total. The van der Waals surface area contributed by atoms with Crippen molar-refractivity contribution in [3.8, 4) is 22.8 Å². The van der Waals surface area contributed by atoms with Crippen LogP contribution in [0.5, 0.6) is 11.5 Å². The second-order valence-corrected chi connectivity index (χ2v) is 9.13. The first-order chi connectivity index (χ1) is 16.5. The van der Waals surface area contributed by atoms with Crippen LogP contribution in [0.4, 0.5) is 5.69 Å². The van der Waals surface area contributed by atoms with E-state index in [-0.39, 0.29) is 5.91 Å². The molecule has 0 atom stereocenters. The summed E-state index contributed by atoms with van der Waals surface area (Å²) in [6.45, 7) is 8.51. The van der Waals surface area contributed by atoms with Gasteiger partial charge in [-0.1, -0.05) is 18.2 Å². The first kappa shape index (κ1) is 22.4. The molecule has 1 amide bonds. The zero-order chi connectivity index (χ0) is 23.7. The summed E-state index contributed by atoms with van der Waals surface area (Å²) in [6, 6.07) is 16.0. The van der Waals surface area contributed by atoms with Crippen molar-refractivity contribution in [2.75, 3.05) is 38.3 Å². The molecule has 6 nitrogen and oxygen atoms in total. The number of methoxy groups -OCH3 is 1. The highest BCUT2D eigenvalue weighted by Gasteiger charge is 2.31. The molecular formula is C28H31N3O3. The zero-order valence-electron chi connectivity index (χ0n) is 20.1. The Labute approximate surface area is 201 Å². The lowest BCUT2D eigenvalue weighted by Gasteiger charge is -2.19. The quantitative estimate of drug-likeness (QED) is 0.499. The Bertz CT molecular complexity index is 1220. The van der Waals surface area contributed by atoms with Crippen LogP contribution in [0.25, 0.3) is 11.3 Å². The minimum Gasteiger partial charge on any atom is -0.493 e. The van der Waals surface area contributed by atoms with Crippen molar-refractivity contribution < 1.29 is 14.3 Å². The lowest BCUT2D eigenvalue weighted by molar-refractivity contribution is 0.0992. The number of pyridine rings is 1. The third kappa shape index (κ3) is 4.38. The summed E-state index contributed by atoms with van der Waals surface area (Å²) < 4.78 is 11.6. The minimum absolute atomic E-state index is 0.0922. The van der Waals surface area contributed by atoms with Crippen LogP contribution in [0, 0.1) is 13.8 Å². The van der Waals surface area contributed by atoms with Gasteiger partial charge in [-0.2, -0.15) is 0 Å². The number of aromatic nitrogens is 1. The smallest absolute Gasteiger partial charge is 0.277 e. The number of hydrogen-bond donors (Lipinski definition) is 0. The number of anilines is 1. The fourth-order valence-electron chi connectivity index (χ4n) is 4.68. The summed E-state index contributed by atoms with van der Waals surface area (Å²) in [5, 5.41) is 0. The SMILES string of the molecule is COc1cc(N2Cc3ccc(-c4ccc(C)c(C)c4)nc3C2=O)ccc1OCCN1CCCC1. The van der Waals surface area contributed by atoms with Crippen LogP contribution < -0.4 is 14.4 Å². The molecule has 6 heteroatoms. The Balaban J connectivity index is 1.33. The van der Waals surface area contributed by atoms with Crippen molar-refractivity contribution >= 4 is 11.6 Å². The molecule has 3 aromatic rings. The average molecular weight is 458 g/mol. The highest BCUT2D eigenvalue weighted by molar-refractivity contribution is 6.09. The number of likely N-dealkylation sites (tertiary alicyclic amines) is 1. The van der Waals surface area contributed by atoms with E-state index in [0.29, 0.717) is 30.3 Å². The molecule has 0 saturated carbocycles. The van der Waals surface area contributed by atoms with E-state index in [2.05, 4.69) is 36.9 Å². The van der Waals surface area contributed by atoms with Gasteiger partial charge in [0.15, 0.2) is 11.5 Å². The number of hydrogen-bond acceptors (Lipinski definition) is 5. The van der Waals surface area contributed by atoms with Crippen LogP contribution in [0.2, 0.25) is 0 Å². The second kappa shape index (κ2) is 9.47. The van der Waals surface area contributed by atoms with Crippen LogP contribution in [0.1, 0.15) is 40.0 Å². The lowest BCUT2D eigenvalue weighted by Crippen LogP contribution is -2.25. The summed E-state index contributed by atoms with van der Waals surface area (Å²) in [7, 11) is 1.63. The molecule has 2 aliphatic rings. The van der Waals surface area contributed by atoms with Crippen LogP contribution >= 0.6 is 0 Å². The monoisotopic (exact) mass is 457 g/mol. The highest BCUT2D eigenvalue weighted by atomic mass is 16.5. The van der Waals surface area contributed by atoms with Gasteiger partial charge >= 0.3 is 0 Å². The van der Waals surface area contributed by atoms with Crippen molar-refractivity contribution in [2.24, 2.45) is 0 Å². The molecule has 0 bridgehead atoms. The zero-order valence-corrected chi connectivity index (χ0v) is 20.1. The van der Waals surface area contributed by atoms with Gasteiger partial charge in [-0.15, -0.1) is 0 Å². The lowest BCUT2D eigenvalue weighted by atomic mass is 10.0. The van der Waals surface area contributed by atoms with Crippen molar-refractivity contribution in [3.63, 3.8) is 0 Å². The van der Waals surface area contributed by atoms with E-state index in [4.69, 9.17) is 14.5 Å². The number of ether oxygens (including phenoxy) is 2. The summed E-state index contributed by atoms with van der Waals surface area (Å²) in [6.07, 6.45) is 2.54. The van der Waals surface area contributed by atoms with E-state index in [1.54, 1.807) is 12.0 Å². The Morgan fingerprint density at radius 3 is 2.53 bits per heavy atom. The second-order valence-electron chi connectivity index (χ2n) is 9.13. The number of rotatable bonds is 7.